The number of aliphatic hydroxyl groups excluding tert-OH is 4. The summed E-state index contributed by atoms with van der Waals surface area (Å²) < 4.78 is 27.5. The molecule has 0 amide bonds. The molecule has 5 N–H and O–H groups in total. The van der Waals surface area contributed by atoms with Crippen molar-refractivity contribution in [3.63, 3.8) is 0 Å². The van der Waals surface area contributed by atoms with Gasteiger partial charge in [0.15, 0.2) is 17.6 Å². The fraction of sp³-hybridized carbons (Fsp3) is 0.455. The monoisotopic (exact) mass is 454 g/mol. The molecule has 0 aliphatic heterocycles. The maximum Gasteiger partial charge on any atom is 0.204 e. The number of aliphatic hydroxyl groups is 4. The highest BCUT2D eigenvalue weighted by atomic mass is 16.6. The topological polar surface area (TPSA) is 147 Å². The van der Waals surface area contributed by atoms with Gasteiger partial charge in [0.1, 0.15) is 29.8 Å². The van der Waals surface area contributed by atoms with E-state index < -0.39 is 37.6 Å². The van der Waals surface area contributed by atoms with E-state index in [1.165, 1.54) is 52.7 Å². The van der Waals surface area contributed by atoms with Crippen molar-refractivity contribution in [3.05, 3.63) is 41.5 Å². The van der Waals surface area contributed by atoms with Crippen LogP contribution in [0, 0.1) is 0 Å². The number of hydrogen-bond donors (Lipinski definition) is 5. The zero-order valence-electron chi connectivity index (χ0n) is 18.4. The van der Waals surface area contributed by atoms with Gasteiger partial charge in [0.05, 0.1) is 34.5 Å². The van der Waals surface area contributed by atoms with Crippen molar-refractivity contribution in [2.75, 3.05) is 41.7 Å². The summed E-state index contributed by atoms with van der Waals surface area (Å²) in [6, 6.07) is 7.39. The molecule has 2 rings (SSSR count). The Morgan fingerprint density at radius 3 is 1.88 bits per heavy atom. The smallest absolute Gasteiger partial charge is 0.204 e. The van der Waals surface area contributed by atoms with Crippen molar-refractivity contribution in [2.45, 2.75) is 24.4 Å². The van der Waals surface area contributed by atoms with Gasteiger partial charge in [-0.15, -0.1) is 0 Å². The van der Waals surface area contributed by atoms with Crippen molar-refractivity contribution >= 4 is 0 Å². The summed E-state index contributed by atoms with van der Waals surface area (Å²) in [5.41, 5.74) is 0.730. The van der Waals surface area contributed by atoms with Crippen LogP contribution in [0.5, 0.6) is 28.7 Å². The van der Waals surface area contributed by atoms with Crippen molar-refractivity contribution in [2.24, 2.45) is 0 Å². The molecule has 0 unspecified atom stereocenters. The first-order chi connectivity index (χ1) is 15.3. The highest BCUT2D eigenvalue weighted by Gasteiger charge is 2.29. The van der Waals surface area contributed by atoms with Gasteiger partial charge in [-0.05, 0) is 35.4 Å². The Morgan fingerprint density at radius 2 is 1.41 bits per heavy atom. The second-order valence-electron chi connectivity index (χ2n) is 6.91. The van der Waals surface area contributed by atoms with Crippen LogP contribution < -0.4 is 18.9 Å². The summed E-state index contributed by atoms with van der Waals surface area (Å²) >= 11 is 0. The van der Waals surface area contributed by atoms with Crippen molar-refractivity contribution in [1.82, 2.24) is 0 Å². The van der Waals surface area contributed by atoms with Crippen LogP contribution in [-0.4, -0.2) is 79.4 Å². The van der Waals surface area contributed by atoms with Crippen LogP contribution in [0.25, 0.3) is 0 Å². The van der Waals surface area contributed by atoms with E-state index in [2.05, 4.69) is 0 Å². The minimum absolute atomic E-state index is 0.0472. The second-order valence-corrected chi connectivity index (χ2v) is 6.91. The number of aromatic hydroxyl groups is 1. The molecule has 178 valence electrons. The lowest BCUT2D eigenvalue weighted by Crippen LogP contribution is -2.31. The number of phenolic OH excluding ortho intramolecular Hbond substituents is 1. The molecular weight excluding hydrogens is 424 g/mol. The minimum atomic E-state index is -1.40. The molecule has 0 spiro atoms. The predicted molar refractivity (Wildman–Crippen MR) is 114 cm³/mol. The Morgan fingerprint density at radius 1 is 0.781 bits per heavy atom. The van der Waals surface area contributed by atoms with Gasteiger partial charge in [-0.2, -0.15) is 0 Å². The van der Waals surface area contributed by atoms with Crippen LogP contribution in [0.3, 0.4) is 0 Å². The van der Waals surface area contributed by atoms with E-state index in [-0.39, 0.29) is 28.6 Å². The Bertz CT molecular complexity index is 847. The molecule has 0 radical (unpaired) electrons. The fourth-order valence-electron chi connectivity index (χ4n) is 3.25. The maximum atomic E-state index is 10.2. The van der Waals surface area contributed by atoms with E-state index in [4.69, 9.17) is 28.8 Å². The molecule has 0 heterocycles. The average Bonchev–Trinajstić information content (AvgIpc) is 2.81. The highest BCUT2D eigenvalue weighted by molar-refractivity contribution is 5.54. The van der Waals surface area contributed by atoms with Crippen LogP contribution in [0.2, 0.25) is 0 Å². The summed E-state index contributed by atoms with van der Waals surface area (Å²) in [4.78, 5) is 0. The molecule has 4 atom stereocenters. The van der Waals surface area contributed by atoms with E-state index in [1.54, 1.807) is 6.07 Å². The molecule has 0 bridgehead atoms. The lowest BCUT2D eigenvalue weighted by Gasteiger charge is -2.28. The number of benzene rings is 2. The molecule has 0 saturated heterocycles. The van der Waals surface area contributed by atoms with Crippen LogP contribution in [0.4, 0.5) is 0 Å². The van der Waals surface area contributed by atoms with E-state index in [9.17, 15) is 20.4 Å². The third-order valence-corrected chi connectivity index (χ3v) is 4.89. The first-order valence-corrected chi connectivity index (χ1v) is 9.74. The summed E-state index contributed by atoms with van der Waals surface area (Å²) in [6.07, 6.45) is -4.55. The summed E-state index contributed by atoms with van der Waals surface area (Å²) in [5, 5.41) is 49.1. The highest BCUT2D eigenvalue weighted by Crippen LogP contribution is 2.42. The van der Waals surface area contributed by atoms with Gasteiger partial charge in [0.25, 0.3) is 0 Å². The molecule has 2 aromatic carbocycles. The van der Waals surface area contributed by atoms with Crippen LogP contribution >= 0.6 is 0 Å². The van der Waals surface area contributed by atoms with Crippen molar-refractivity contribution < 1.29 is 49.2 Å². The van der Waals surface area contributed by atoms with Crippen LogP contribution in [-0.2, 0) is 4.74 Å². The quantitative estimate of drug-likeness (QED) is 0.314. The Labute approximate surface area is 186 Å². The maximum absolute atomic E-state index is 10.2. The molecule has 0 aliphatic carbocycles. The van der Waals surface area contributed by atoms with Crippen LogP contribution in [0.15, 0.2) is 30.3 Å². The molecule has 32 heavy (non-hydrogen) atoms. The lowest BCUT2D eigenvalue weighted by atomic mass is 10.0. The number of rotatable bonds is 12. The van der Waals surface area contributed by atoms with Gasteiger partial charge in [0.2, 0.25) is 5.75 Å². The predicted octanol–water partition coefficient (Wildman–Crippen LogP) is 0.932. The Hall–Kier alpha value is -2.76. The SMILES string of the molecule is COc1cc(O)cc([C@H](OC)[C@@H](CO)Oc2c(OC)cc([C@@H](O)[C@H](O)CO)cc2OC)c1. The van der Waals surface area contributed by atoms with Crippen molar-refractivity contribution in [1.29, 1.82) is 0 Å². The normalized spacial score (nSPS) is 14.9. The Balaban J connectivity index is 2.46. The van der Waals surface area contributed by atoms with E-state index >= 15 is 0 Å². The zero-order valence-corrected chi connectivity index (χ0v) is 18.4. The Kier molecular flexibility index (Phi) is 9.36. The molecular formula is C22H30O10. The van der Waals surface area contributed by atoms with E-state index in [0.717, 1.165) is 0 Å². The van der Waals surface area contributed by atoms with Gasteiger partial charge >= 0.3 is 0 Å². The first kappa shape index (κ1) is 25.5. The number of methoxy groups -OCH3 is 4. The summed E-state index contributed by atoms with van der Waals surface area (Å²) in [7, 11) is 5.64. The minimum Gasteiger partial charge on any atom is -0.508 e. The first-order valence-electron chi connectivity index (χ1n) is 9.74. The molecule has 0 saturated carbocycles. The fourth-order valence-corrected chi connectivity index (χ4v) is 3.25. The molecule has 0 fully saturated rings. The van der Waals surface area contributed by atoms with Gasteiger partial charge < -0.3 is 49.2 Å². The zero-order chi connectivity index (χ0) is 23.8. The van der Waals surface area contributed by atoms with E-state index in [1.807, 2.05) is 0 Å². The summed E-state index contributed by atoms with van der Waals surface area (Å²) in [6.45, 7) is -1.10. The number of ether oxygens (including phenoxy) is 5. The third-order valence-electron chi connectivity index (χ3n) is 4.89. The standard InChI is InChI=1S/C22H30O10/c1-28-15-6-13(5-14(25)9-15)21(31-4)19(11-24)32-22-17(29-2)7-12(8-18(22)30-3)20(27)16(26)10-23/h5-9,16,19-21,23-27H,10-11H2,1-4H3/t16-,19-,20-,21+/m1/s1. The third kappa shape index (κ3) is 5.72. The number of hydrogen-bond acceptors (Lipinski definition) is 10. The van der Waals surface area contributed by atoms with Gasteiger partial charge in [-0.1, -0.05) is 0 Å². The largest absolute Gasteiger partial charge is 0.508 e. The van der Waals surface area contributed by atoms with Gasteiger partial charge in [0, 0.05) is 13.2 Å². The molecule has 2 aromatic rings. The average molecular weight is 454 g/mol. The molecule has 0 aromatic heterocycles. The summed E-state index contributed by atoms with van der Waals surface area (Å²) in [5.74, 6) is 0.789. The van der Waals surface area contributed by atoms with Gasteiger partial charge in [-0.3, -0.25) is 0 Å². The molecule has 10 heteroatoms. The van der Waals surface area contributed by atoms with Gasteiger partial charge in [-0.25, -0.2) is 0 Å². The van der Waals surface area contributed by atoms with Crippen molar-refractivity contribution in [3.8, 4) is 28.7 Å². The van der Waals surface area contributed by atoms with E-state index in [0.29, 0.717) is 11.3 Å². The second kappa shape index (κ2) is 11.7. The lowest BCUT2D eigenvalue weighted by molar-refractivity contribution is -0.0278. The van der Waals surface area contributed by atoms with Crippen LogP contribution in [0.1, 0.15) is 23.3 Å². The molecule has 0 aliphatic rings. The molecule has 10 nitrogen and oxygen atoms in total. The number of phenols is 1.